The smallest absolute Gasteiger partial charge is 0.130 e. The van der Waals surface area contributed by atoms with E-state index in [1.807, 2.05) is 11.8 Å². The van der Waals surface area contributed by atoms with Gasteiger partial charge in [-0.3, -0.25) is 0 Å². The molecule has 1 aromatic rings. The van der Waals surface area contributed by atoms with Gasteiger partial charge in [-0.1, -0.05) is 31.5 Å². The summed E-state index contributed by atoms with van der Waals surface area (Å²) in [5, 5.41) is 0.543. The highest BCUT2D eigenvalue weighted by Gasteiger charge is 2.22. The van der Waals surface area contributed by atoms with Crippen molar-refractivity contribution in [3.05, 3.63) is 22.2 Å². The highest BCUT2D eigenvalue weighted by molar-refractivity contribution is 7.99. The third-order valence-corrected chi connectivity index (χ3v) is 5.66. The van der Waals surface area contributed by atoms with E-state index in [4.69, 9.17) is 12.2 Å². The SMILES string of the molecule is S=c1cc(C2CCCC2)[nH]c(C2CCCCS2)n1. The van der Waals surface area contributed by atoms with Gasteiger partial charge in [-0.2, -0.15) is 11.8 Å². The molecule has 3 rings (SSSR count). The molecule has 2 nitrogen and oxygen atoms in total. The standard InChI is InChI=1S/C14H20N2S2/c17-13-9-11(10-5-1-2-6-10)15-14(16-13)12-7-3-4-8-18-12/h9-10,12H,1-8H2,(H,15,16,17). The Morgan fingerprint density at radius 2 is 1.94 bits per heavy atom. The summed E-state index contributed by atoms with van der Waals surface area (Å²) in [5.74, 6) is 3.09. The molecular weight excluding hydrogens is 260 g/mol. The van der Waals surface area contributed by atoms with Crippen LogP contribution in [0.25, 0.3) is 0 Å². The number of thioether (sulfide) groups is 1. The number of hydrogen-bond acceptors (Lipinski definition) is 3. The summed E-state index contributed by atoms with van der Waals surface area (Å²) in [7, 11) is 0. The second-order valence-electron chi connectivity index (χ2n) is 5.40. The fraction of sp³-hybridized carbons (Fsp3) is 0.714. The van der Waals surface area contributed by atoms with Crippen molar-refractivity contribution >= 4 is 24.0 Å². The maximum absolute atomic E-state index is 5.35. The van der Waals surface area contributed by atoms with Crippen molar-refractivity contribution in [2.75, 3.05) is 5.75 Å². The van der Waals surface area contributed by atoms with Gasteiger partial charge in [0.25, 0.3) is 0 Å². The minimum atomic E-state index is 0.543. The predicted octanol–water partition coefficient (Wildman–Crippen LogP) is 4.75. The number of hydrogen-bond donors (Lipinski definition) is 1. The van der Waals surface area contributed by atoms with Crippen molar-refractivity contribution in [1.82, 2.24) is 9.97 Å². The van der Waals surface area contributed by atoms with E-state index in [9.17, 15) is 0 Å². The van der Waals surface area contributed by atoms with Gasteiger partial charge in [0.1, 0.15) is 10.5 Å². The molecule has 1 aliphatic carbocycles. The maximum Gasteiger partial charge on any atom is 0.130 e. The molecule has 2 heterocycles. The van der Waals surface area contributed by atoms with Crippen LogP contribution in [0, 0.1) is 4.64 Å². The predicted molar refractivity (Wildman–Crippen MR) is 79.7 cm³/mol. The number of nitrogens with one attached hydrogen (secondary N) is 1. The Morgan fingerprint density at radius 1 is 1.17 bits per heavy atom. The monoisotopic (exact) mass is 280 g/mol. The lowest BCUT2D eigenvalue weighted by Gasteiger charge is -2.21. The van der Waals surface area contributed by atoms with E-state index in [0.717, 1.165) is 10.5 Å². The quantitative estimate of drug-likeness (QED) is 0.792. The summed E-state index contributed by atoms with van der Waals surface area (Å²) < 4.78 is 0.775. The van der Waals surface area contributed by atoms with Crippen LogP contribution in [0.4, 0.5) is 0 Å². The van der Waals surface area contributed by atoms with Gasteiger partial charge in [0.15, 0.2) is 0 Å². The number of aromatic amines is 1. The summed E-state index contributed by atoms with van der Waals surface area (Å²) >= 11 is 7.39. The van der Waals surface area contributed by atoms with Crippen LogP contribution >= 0.6 is 24.0 Å². The molecule has 1 N–H and O–H groups in total. The zero-order chi connectivity index (χ0) is 12.4. The summed E-state index contributed by atoms with van der Waals surface area (Å²) in [4.78, 5) is 8.17. The van der Waals surface area contributed by atoms with Crippen LogP contribution in [0.1, 0.15) is 67.6 Å². The van der Waals surface area contributed by atoms with Crippen LogP contribution in [0.5, 0.6) is 0 Å². The summed E-state index contributed by atoms with van der Waals surface area (Å²) in [5.41, 5.74) is 1.34. The number of rotatable bonds is 2. The first-order chi connectivity index (χ1) is 8.83. The highest BCUT2D eigenvalue weighted by Crippen LogP contribution is 2.38. The largest absolute Gasteiger partial charge is 0.346 e. The molecule has 1 atom stereocenters. The van der Waals surface area contributed by atoms with Gasteiger partial charge in [0, 0.05) is 5.69 Å². The molecule has 0 amide bonds. The van der Waals surface area contributed by atoms with Crippen molar-refractivity contribution < 1.29 is 0 Å². The third kappa shape index (κ3) is 2.80. The molecule has 2 fully saturated rings. The molecule has 0 aromatic carbocycles. The minimum absolute atomic E-state index is 0.543. The number of nitrogens with zero attached hydrogens (tertiary/aromatic N) is 1. The fourth-order valence-corrected chi connectivity index (χ4v) is 4.54. The average Bonchev–Trinajstić information content (AvgIpc) is 2.93. The lowest BCUT2D eigenvalue weighted by atomic mass is 10.0. The van der Waals surface area contributed by atoms with E-state index in [1.54, 1.807) is 0 Å². The maximum atomic E-state index is 5.35. The Bertz CT molecular complexity index is 457. The van der Waals surface area contributed by atoms with Gasteiger partial charge in [0.05, 0.1) is 5.25 Å². The second kappa shape index (κ2) is 5.74. The molecule has 1 aliphatic heterocycles. The topological polar surface area (TPSA) is 28.7 Å². The molecule has 1 saturated heterocycles. The Hall–Kier alpha value is -0.350. The zero-order valence-corrected chi connectivity index (χ0v) is 12.3. The van der Waals surface area contributed by atoms with Crippen molar-refractivity contribution in [2.24, 2.45) is 0 Å². The minimum Gasteiger partial charge on any atom is -0.346 e. The van der Waals surface area contributed by atoms with Gasteiger partial charge < -0.3 is 4.98 Å². The molecule has 98 valence electrons. The van der Waals surface area contributed by atoms with Gasteiger partial charge in [-0.25, -0.2) is 4.98 Å². The lowest BCUT2D eigenvalue weighted by molar-refractivity contribution is 0.639. The first kappa shape index (κ1) is 12.7. The second-order valence-corrected chi connectivity index (χ2v) is 7.13. The van der Waals surface area contributed by atoms with Crippen LogP contribution in [-0.4, -0.2) is 15.7 Å². The molecule has 0 radical (unpaired) electrons. The van der Waals surface area contributed by atoms with Crippen LogP contribution in [0.3, 0.4) is 0 Å². The Morgan fingerprint density at radius 3 is 2.67 bits per heavy atom. The molecular formula is C14H20N2S2. The van der Waals surface area contributed by atoms with E-state index < -0.39 is 0 Å². The Balaban J connectivity index is 1.87. The van der Waals surface area contributed by atoms with Gasteiger partial charge >= 0.3 is 0 Å². The first-order valence-corrected chi connectivity index (χ1v) is 8.51. The van der Waals surface area contributed by atoms with Gasteiger partial charge in [-0.15, -0.1) is 0 Å². The molecule has 2 aliphatic rings. The van der Waals surface area contributed by atoms with E-state index >= 15 is 0 Å². The van der Waals surface area contributed by atoms with Crippen molar-refractivity contribution in [1.29, 1.82) is 0 Å². The van der Waals surface area contributed by atoms with Crippen LogP contribution in [-0.2, 0) is 0 Å². The first-order valence-electron chi connectivity index (χ1n) is 7.06. The van der Waals surface area contributed by atoms with Crippen molar-refractivity contribution in [3.63, 3.8) is 0 Å². The van der Waals surface area contributed by atoms with E-state index in [1.165, 1.54) is 56.4 Å². The van der Waals surface area contributed by atoms with Gasteiger partial charge in [0.2, 0.25) is 0 Å². The molecule has 0 spiro atoms. The van der Waals surface area contributed by atoms with Gasteiger partial charge in [-0.05, 0) is 43.4 Å². The fourth-order valence-electron chi connectivity index (χ4n) is 3.06. The van der Waals surface area contributed by atoms with Crippen LogP contribution in [0.15, 0.2) is 6.07 Å². The summed E-state index contributed by atoms with van der Waals surface area (Å²) in [6.45, 7) is 0. The number of H-pyrrole nitrogens is 1. The Labute approximate surface area is 118 Å². The third-order valence-electron chi connectivity index (χ3n) is 4.06. The van der Waals surface area contributed by atoms with E-state index in [2.05, 4.69) is 16.0 Å². The summed E-state index contributed by atoms with van der Waals surface area (Å²) in [6.07, 6.45) is 9.27. The normalized spacial score (nSPS) is 25.4. The lowest BCUT2D eigenvalue weighted by Crippen LogP contribution is -2.09. The molecule has 1 saturated carbocycles. The van der Waals surface area contributed by atoms with E-state index in [0.29, 0.717) is 11.2 Å². The zero-order valence-electron chi connectivity index (χ0n) is 10.7. The summed E-state index contributed by atoms with van der Waals surface area (Å²) in [6, 6.07) is 2.09. The van der Waals surface area contributed by atoms with Crippen LogP contribution in [0.2, 0.25) is 0 Å². The van der Waals surface area contributed by atoms with E-state index in [-0.39, 0.29) is 0 Å². The highest BCUT2D eigenvalue weighted by atomic mass is 32.2. The van der Waals surface area contributed by atoms with Crippen molar-refractivity contribution in [2.45, 2.75) is 56.1 Å². The average molecular weight is 280 g/mol. The Kier molecular flexibility index (Phi) is 4.04. The molecule has 18 heavy (non-hydrogen) atoms. The molecule has 4 heteroatoms. The molecule has 1 aromatic heterocycles. The number of aromatic nitrogens is 2. The molecule has 0 bridgehead atoms. The van der Waals surface area contributed by atoms with Crippen LogP contribution < -0.4 is 0 Å². The molecule has 1 unspecified atom stereocenters. The van der Waals surface area contributed by atoms with Crippen molar-refractivity contribution in [3.8, 4) is 0 Å².